The molecular weight excluding hydrogens is 419 g/mol. The third-order valence-corrected chi connectivity index (χ3v) is 6.55. The fourth-order valence-corrected chi connectivity index (χ4v) is 4.63. The molecular formula is C25H18Cl2OS. The number of benzene rings is 4. The van der Waals surface area contributed by atoms with Gasteiger partial charge in [-0.05, 0) is 58.8 Å². The predicted octanol–water partition coefficient (Wildman–Crippen LogP) is 8.25. The zero-order valence-corrected chi connectivity index (χ0v) is 17.8. The van der Waals surface area contributed by atoms with Gasteiger partial charge in [-0.15, -0.1) is 11.8 Å². The van der Waals surface area contributed by atoms with Gasteiger partial charge in [-0.3, -0.25) is 4.79 Å². The molecule has 0 saturated carbocycles. The largest absolute Gasteiger partial charge is 0.294 e. The van der Waals surface area contributed by atoms with Crippen molar-refractivity contribution in [1.82, 2.24) is 0 Å². The van der Waals surface area contributed by atoms with Gasteiger partial charge in [-0.1, -0.05) is 71.7 Å². The molecule has 0 heterocycles. The Morgan fingerprint density at radius 1 is 0.759 bits per heavy atom. The molecule has 4 heteroatoms. The first-order valence-corrected chi connectivity index (χ1v) is 10.9. The molecule has 144 valence electrons. The molecule has 0 bridgehead atoms. The van der Waals surface area contributed by atoms with Gasteiger partial charge in [0.1, 0.15) is 0 Å². The minimum absolute atomic E-state index is 0.0209. The molecule has 29 heavy (non-hydrogen) atoms. The first-order valence-electron chi connectivity index (χ1n) is 9.28. The molecule has 0 aromatic heterocycles. The van der Waals surface area contributed by atoms with Crippen LogP contribution in [-0.4, -0.2) is 5.78 Å². The van der Waals surface area contributed by atoms with Crippen molar-refractivity contribution in [3.63, 3.8) is 0 Å². The minimum atomic E-state index is -0.0209. The molecule has 0 aliphatic carbocycles. The van der Waals surface area contributed by atoms with Crippen molar-refractivity contribution < 1.29 is 4.79 Å². The maximum absolute atomic E-state index is 13.1. The maximum atomic E-state index is 13.1. The highest BCUT2D eigenvalue weighted by molar-refractivity contribution is 7.99. The second kappa shape index (κ2) is 9.04. The molecule has 0 unspecified atom stereocenters. The summed E-state index contributed by atoms with van der Waals surface area (Å²) in [6, 6.07) is 29.4. The smallest absolute Gasteiger partial charge is 0.164 e. The van der Waals surface area contributed by atoms with Crippen LogP contribution in [0.25, 0.3) is 10.8 Å². The Labute approximate surface area is 184 Å². The summed E-state index contributed by atoms with van der Waals surface area (Å²) in [4.78, 5) is 14.2. The molecule has 1 nitrogen and oxygen atoms in total. The molecule has 0 aliphatic rings. The van der Waals surface area contributed by atoms with Crippen LogP contribution in [-0.2, 0) is 0 Å². The molecule has 0 N–H and O–H groups in total. The lowest BCUT2D eigenvalue weighted by molar-refractivity contribution is 0.0982. The average molecular weight is 437 g/mol. The van der Waals surface area contributed by atoms with Crippen LogP contribution < -0.4 is 0 Å². The summed E-state index contributed by atoms with van der Waals surface area (Å²) in [7, 11) is 0. The van der Waals surface area contributed by atoms with Gasteiger partial charge in [0.25, 0.3) is 0 Å². The molecule has 4 rings (SSSR count). The lowest BCUT2D eigenvalue weighted by Crippen LogP contribution is -2.05. The number of ketones is 1. The Balaban J connectivity index is 1.61. The number of hydrogen-bond acceptors (Lipinski definition) is 2. The van der Waals surface area contributed by atoms with Crippen LogP contribution in [0.2, 0.25) is 10.0 Å². The topological polar surface area (TPSA) is 17.1 Å². The van der Waals surface area contributed by atoms with E-state index in [2.05, 4.69) is 6.07 Å². The first kappa shape index (κ1) is 20.0. The van der Waals surface area contributed by atoms with Crippen molar-refractivity contribution in [2.75, 3.05) is 0 Å². The number of carbonyl (C=O) groups excluding carboxylic acids is 1. The summed E-state index contributed by atoms with van der Waals surface area (Å²) in [5.74, 6) is 0.122. The molecule has 4 aromatic carbocycles. The Bertz CT molecular complexity index is 1140. The molecule has 4 aromatic rings. The van der Waals surface area contributed by atoms with Crippen molar-refractivity contribution in [2.45, 2.75) is 16.6 Å². The lowest BCUT2D eigenvalue weighted by atomic mass is 9.99. The monoisotopic (exact) mass is 436 g/mol. The summed E-state index contributed by atoms with van der Waals surface area (Å²) < 4.78 is 0. The van der Waals surface area contributed by atoms with Gasteiger partial charge < -0.3 is 0 Å². The van der Waals surface area contributed by atoms with E-state index in [-0.39, 0.29) is 11.0 Å². The quantitative estimate of drug-likeness (QED) is 0.223. The highest BCUT2D eigenvalue weighted by Gasteiger charge is 2.19. The molecule has 0 aliphatic heterocycles. The lowest BCUT2D eigenvalue weighted by Gasteiger charge is -2.17. The van der Waals surface area contributed by atoms with Crippen molar-refractivity contribution in [1.29, 1.82) is 0 Å². The van der Waals surface area contributed by atoms with E-state index >= 15 is 0 Å². The van der Waals surface area contributed by atoms with Gasteiger partial charge in [0.05, 0.1) is 0 Å². The molecule has 0 radical (unpaired) electrons. The summed E-state index contributed by atoms with van der Waals surface area (Å²) in [5.41, 5.74) is 1.81. The standard InChI is InChI=1S/C25H18Cl2OS/c26-21-9-7-18(8-10-21)25(29-23-13-11-22(27)12-14-23)16-24(28)20-6-5-17-3-1-2-4-19(17)15-20/h1-15,25H,16H2/t25-/m1/s1. The Hall–Kier alpha value is -2.26. The number of fused-ring (bicyclic) bond motifs is 1. The molecule has 1 atom stereocenters. The molecule has 0 spiro atoms. The summed E-state index contributed by atoms with van der Waals surface area (Å²) in [6.45, 7) is 0. The Morgan fingerprint density at radius 3 is 2.07 bits per heavy atom. The molecule has 0 amide bonds. The van der Waals surface area contributed by atoms with E-state index in [4.69, 9.17) is 23.2 Å². The fraction of sp³-hybridized carbons (Fsp3) is 0.0800. The zero-order valence-electron chi connectivity index (χ0n) is 15.5. The van der Waals surface area contributed by atoms with Crippen LogP contribution in [0.5, 0.6) is 0 Å². The van der Waals surface area contributed by atoms with Gasteiger partial charge in [0.2, 0.25) is 0 Å². The van der Waals surface area contributed by atoms with Gasteiger partial charge >= 0.3 is 0 Å². The van der Waals surface area contributed by atoms with Crippen LogP contribution in [0.3, 0.4) is 0 Å². The normalized spacial score (nSPS) is 12.1. The van der Waals surface area contributed by atoms with Crippen LogP contribution >= 0.6 is 35.0 Å². The fourth-order valence-electron chi connectivity index (χ4n) is 3.23. The van der Waals surface area contributed by atoms with Gasteiger partial charge in [-0.25, -0.2) is 0 Å². The molecule has 0 saturated heterocycles. The van der Waals surface area contributed by atoms with E-state index in [1.165, 1.54) is 0 Å². The summed E-state index contributed by atoms with van der Waals surface area (Å²) >= 11 is 13.7. The van der Waals surface area contributed by atoms with E-state index in [9.17, 15) is 4.79 Å². The third kappa shape index (κ3) is 5.02. The van der Waals surface area contributed by atoms with Crippen molar-refractivity contribution >= 4 is 51.5 Å². The highest BCUT2D eigenvalue weighted by atomic mass is 35.5. The van der Waals surface area contributed by atoms with Crippen LogP contribution in [0.15, 0.2) is 95.9 Å². The number of rotatable bonds is 6. The SMILES string of the molecule is O=C(C[C@@H](Sc1ccc(Cl)cc1)c1ccc(Cl)cc1)c1ccc2ccccc2c1. The van der Waals surface area contributed by atoms with Gasteiger partial charge in [-0.2, -0.15) is 0 Å². The highest BCUT2D eigenvalue weighted by Crippen LogP contribution is 2.39. The van der Waals surface area contributed by atoms with Crippen LogP contribution in [0.1, 0.15) is 27.6 Å². The van der Waals surface area contributed by atoms with Gasteiger partial charge in [0, 0.05) is 32.2 Å². The predicted molar refractivity (Wildman–Crippen MR) is 124 cm³/mol. The number of hydrogen-bond donors (Lipinski definition) is 0. The van der Waals surface area contributed by atoms with Crippen molar-refractivity contribution in [3.8, 4) is 0 Å². The minimum Gasteiger partial charge on any atom is -0.294 e. The van der Waals surface area contributed by atoms with E-state index in [1.807, 2.05) is 84.9 Å². The Kier molecular flexibility index (Phi) is 6.25. The number of thioether (sulfide) groups is 1. The van der Waals surface area contributed by atoms with Crippen LogP contribution in [0.4, 0.5) is 0 Å². The van der Waals surface area contributed by atoms with Crippen LogP contribution in [0, 0.1) is 0 Å². The van der Waals surface area contributed by atoms with E-state index < -0.39 is 0 Å². The summed E-state index contributed by atoms with van der Waals surface area (Å²) in [5, 5.41) is 3.57. The Morgan fingerprint density at radius 2 is 1.38 bits per heavy atom. The number of halogens is 2. The van der Waals surface area contributed by atoms with E-state index in [0.29, 0.717) is 16.5 Å². The number of Topliss-reactive ketones (excluding diaryl/α,β-unsaturated/α-hetero) is 1. The first-order chi connectivity index (χ1) is 14.1. The van der Waals surface area contributed by atoms with E-state index in [0.717, 1.165) is 26.8 Å². The molecule has 0 fully saturated rings. The summed E-state index contributed by atoms with van der Waals surface area (Å²) in [6.07, 6.45) is 0.396. The van der Waals surface area contributed by atoms with Gasteiger partial charge in [0.15, 0.2) is 5.78 Å². The van der Waals surface area contributed by atoms with Crippen molar-refractivity contribution in [2.24, 2.45) is 0 Å². The second-order valence-electron chi connectivity index (χ2n) is 6.80. The zero-order chi connectivity index (χ0) is 20.2. The second-order valence-corrected chi connectivity index (χ2v) is 8.95. The number of carbonyl (C=O) groups is 1. The van der Waals surface area contributed by atoms with E-state index in [1.54, 1.807) is 11.8 Å². The maximum Gasteiger partial charge on any atom is 0.164 e. The van der Waals surface area contributed by atoms with Crippen molar-refractivity contribution in [3.05, 3.63) is 112 Å². The average Bonchev–Trinajstić information content (AvgIpc) is 2.75. The third-order valence-electron chi connectivity index (χ3n) is 4.78.